The number of nitrogen functional groups attached to an aromatic ring is 1. The summed E-state index contributed by atoms with van der Waals surface area (Å²) in [7, 11) is 0. The number of amidine groups is 1. The van der Waals surface area contributed by atoms with Crippen molar-refractivity contribution in [1.29, 1.82) is 5.41 Å². The third kappa shape index (κ3) is 6.05. The number of carboxylic acids is 1. The van der Waals surface area contributed by atoms with Gasteiger partial charge < -0.3 is 20.7 Å². The van der Waals surface area contributed by atoms with Crippen LogP contribution in [0.4, 0.5) is 13.2 Å². The summed E-state index contributed by atoms with van der Waals surface area (Å²) < 4.78 is 38.1. The van der Waals surface area contributed by atoms with E-state index in [9.17, 15) is 13.2 Å². The maximum absolute atomic E-state index is 10.6. The summed E-state index contributed by atoms with van der Waals surface area (Å²) in [5.74, 6) is -1.97. The molecule has 0 bridgehead atoms. The van der Waals surface area contributed by atoms with Crippen molar-refractivity contribution in [3.8, 4) is 5.75 Å². The van der Waals surface area contributed by atoms with Gasteiger partial charge in [0.15, 0.2) is 0 Å². The highest BCUT2D eigenvalue weighted by molar-refractivity contribution is 14.1. The van der Waals surface area contributed by atoms with Crippen LogP contribution in [0.15, 0.2) is 30.3 Å². The average molecular weight is 470 g/mol. The maximum atomic E-state index is 10.6. The Labute approximate surface area is 154 Å². The van der Waals surface area contributed by atoms with E-state index in [4.69, 9.17) is 30.9 Å². The Balaban J connectivity index is 0.000000381. The quantitative estimate of drug-likeness (QED) is 0.312. The lowest BCUT2D eigenvalue weighted by molar-refractivity contribution is -0.192. The summed E-state index contributed by atoms with van der Waals surface area (Å²) in [4.78, 5) is 8.90. The number of halogens is 4. The lowest BCUT2D eigenvalue weighted by atomic mass is 10.1. The fourth-order valence-corrected chi connectivity index (χ4v) is 2.50. The Morgan fingerprint density at radius 2 is 1.84 bits per heavy atom. The zero-order valence-electron chi connectivity index (χ0n) is 12.6. The molecule has 2 rings (SSSR count). The molecule has 0 fully saturated rings. The average Bonchev–Trinajstić information content (AvgIpc) is 2.53. The number of carboxylic acid groups (broad SMARTS) is 1. The van der Waals surface area contributed by atoms with Crippen LogP contribution in [0, 0.1) is 8.98 Å². The van der Waals surface area contributed by atoms with E-state index in [0.29, 0.717) is 5.56 Å². The molecule has 0 saturated carbocycles. The van der Waals surface area contributed by atoms with Crippen molar-refractivity contribution in [3.63, 3.8) is 0 Å². The molecule has 136 valence electrons. The number of aliphatic carboxylic acids is 1. The highest BCUT2D eigenvalue weighted by Crippen LogP contribution is 2.30. The standard InChI is InChI=1S/C13H13IN2O2.C2HF3O2/c14-12-10-7-9(13(15)16)2-1-8(10)3-4-11(12)18-6-5-17;3-2(4,5)1(6)7/h1-4,7,17H,5-6H2,(H3,15,16);(H,6,7). The van der Waals surface area contributed by atoms with Crippen molar-refractivity contribution in [2.75, 3.05) is 13.2 Å². The molecule has 0 aliphatic rings. The Morgan fingerprint density at radius 1 is 1.28 bits per heavy atom. The topological polar surface area (TPSA) is 117 Å². The lowest BCUT2D eigenvalue weighted by Crippen LogP contribution is -2.21. The van der Waals surface area contributed by atoms with Crippen molar-refractivity contribution in [2.24, 2.45) is 5.73 Å². The Bertz CT molecular complexity index is 781. The Hall–Kier alpha value is -2.08. The first-order valence-corrected chi connectivity index (χ1v) is 7.76. The Morgan fingerprint density at radius 3 is 2.32 bits per heavy atom. The van der Waals surface area contributed by atoms with Crippen LogP contribution in [0.1, 0.15) is 5.56 Å². The van der Waals surface area contributed by atoms with E-state index in [2.05, 4.69) is 22.6 Å². The van der Waals surface area contributed by atoms with Crippen LogP contribution in [0.25, 0.3) is 10.8 Å². The maximum Gasteiger partial charge on any atom is 0.490 e. The van der Waals surface area contributed by atoms with Crippen LogP contribution in [-0.2, 0) is 4.79 Å². The minimum Gasteiger partial charge on any atom is -0.490 e. The lowest BCUT2D eigenvalue weighted by Gasteiger charge is -2.10. The summed E-state index contributed by atoms with van der Waals surface area (Å²) in [6.45, 7) is 0.259. The fraction of sp³-hybridized carbons (Fsp3) is 0.200. The van der Waals surface area contributed by atoms with Gasteiger partial charge in [0.2, 0.25) is 0 Å². The molecule has 25 heavy (non-hydrogen) atoms. The Kier molecular flexibility index (Phi) is 7.42. The number of benzene rings is 2. The number of fused-ring (bicyclic) bond motifs is 1. The molecule has 6 nitrogen and oxygen atoms in total. The number of ether oxygens (including phenoxy) is 1. The van der Waals surface area contributed by atoms with E-state index in [0.717, 1.165) is 20.1 Å². The third-order valence-electron chi connectivity index (χ3n) is 2.82. The predicted octanol–water partition coefficient (Wildman–Crippen LogP) is 2.73. The van der Waals surface area contributed by atoms with Crippen LogP contribution in [0.5, 0.6) is 5.75 Å². The fourth-order valence-electron chi connectivity index (χ4n) is 1.70. The summed E-state index contributed by atoms with van der Waals surface area (Å²) >= 11 is 2.20. The number of nitrogens with one attached hydrogen (secondary N) is 1. The minimum atomic E-state index is -5.08. The molecule has 0 atom stereocenters. The van der Waals surface area contributed by atoms with Crippen molar-refractivity contribution >= 4 is 45.2 Å². The van der Waals surface area contributed by atoms with Gasteiger partial charge in [-0.2, -0.15) is 13.2 Å². The molecular weight excluding hydrogens is 456 g/mol. The summed E-state index contributed by atoms with van der Waals surface area (Å²) in [6.07, 6.45) is -5.08. The summed E-state index contributed by atoms with van der Waals surface area (Å²) in [6, 6.07) is 9.48. The number of rotatable bonds is 4. The number of aliphatic hydroxyl groups is 1. The second-order valence-corrected chi connectivity index (χ2v) is 5.68. The highest BCUT2D eigenvalue weighted by Gasteiger charge is 2.38. The number of carbonyl (C=O) groups is 1. The van der Waals surface area contributed by atoms with E-state index in [-0.39, 0.29) is 19.0 Å². The molecule has 0 radical (unpaired) electrons. The van der Waals surface area contributed by atoms with Crippen LogP contribution in [0.3, 0.4) is 0 Å². The number of alkyl halides is 3. The van der Waals surface area contributed by atoms with Crippen molar-refractivity contribution in [2.45, 2.75) is 6.18 Å². The monoisotopic (exact) mass is 470 g/mol. The number of nitrogens with two attached hydrogens (primary N) is 1. The number of hydrogen-bond donors (Lipinski definition) is 4. The van der Waals surface area contributed by atoms with E-state index in [1.807, 2.05) is 30.3 Å². The molecule has 0 heterocycles. The van der Waals surface area contributed by atoms with Gasteiger partial charge in [-0.1, -0.05) is 18.2 Å². The van der Waals surface area contributed by atoms with Crippen LogP contribution in [-0.4, -0.2) is 41.4 Å². The highest BCUT2D eigenvalue weighted by atomic mass is 127. The largest absolute Gasteiger partial charge is 0.490 e. The van der Waals surface area contributed by atoms with Gasteiger partial charge in [0.25, 0.3) is 0 Å². The van der Waals surface area contributed by atoms with Crippen LogP contribution in [0.2, 0.25) is 0 Å². The first-order chi connectivity index (χ1) is 11.6. The molecule has 0 spiro atoms. The van der Waals surface area contributed by atoms with Gasteiger partial charge in [-0.15, -0.1) is 0 Å². The second-order valence-electron chi connectivity index (χ2n) is 4.60. The smallest absolute Gasteiger partial charge is 0.490 e. The van der Waals surface area contributed by atoms with Gasteiger partial charge in [-0.25, -0.2) is 4.79 Å². The zero-order chi connectivity index (χ0) is 19.2. The summed E-state index contributed by atoms with van der Waals surface area (Å²) in [5.41, 5.74) is 6.18. The minimum absolute atomic E-state index is 0.0123. The molecule has 0 amide bonds. The predicted molar refractivity (Wildman–Crippen MR) is 94.0 cm³/mol. The molecule has 5 N–H and O–H groups in total. The third-order valence-corrected chi connectivity index (χ3v) is 3.94. The van der Waals surface area contributed by atoms with Gasteiger partial charge in [-0.05, 0) is 45.5 Å². The normalized spacial score (nSPS) is 10.8. The molecule has 0 unspecified atom stereocenters. The van der Waals surface area contributed by atoms with Gasteiger partial charge >= 0.3 is 12.1 Å². The van der Waals surface area contributed by atoms with E-state index >= 15 is 0 Å². The molecule has 0 aliphatic carbocycles. The van der Waals surface area contributed by atoms with Crippen molar-refractivity contribution in [3.05, 3.63) is 39.5 Å². The van der Waals surface area contributed by atoms with Gasteiger partial charge in [0.1, 0.15) is 18.2 Å². The number of hydrogen-bond acceptors (Lipinski definition) is 4. The van der Waals surface area contributed by atoms with Crippen molar-refractivity contribution < 1.29 is 32.9 Å². The zero-order valence-corrected chi connectivity index (χ0v) is 14.8. The molecule has 0 aliphatic heterocycles. The second kappa shape index (κ2) is 8.85. The number of aliphatic hydroxyl groups excluding tert-OH is 1. The van der Waals surface area contributed by atoms with E-state index in [1.165, 1.54) is 0 Å². The molecular formula is C15H14F3IN2O4. The molecule has 0 saturated heterocycles. The van der Waals surface area contributed by atoms with Crippen LogP contribution < -0.4 is 10.5 Å². The van der Waals surface area contributed by atoms with Crippen LogP contribution >= 0.6 is 22.6 Å². The van der Waals surface area contributed by atoms with E-state index < -0.39 is 12.1 Å². The molecule has 2 aromatic carbocycles. The summed E-state index contributed by atoms with van der Waals surface area (Å²) in [5, 5.41) is 25.4. The SMILES string of the molecule is N=C(N)c1ccc2ccc(OCCO)c(I)c2c1.O=C(O)C(F)(F)F. The van der Waals surface area contributed by atoms with E-state index in [1.54, 1.807) is 0 Å². The van der Waals surface area contributed by atoms with Gasteiger partial charge in [0.05, 0.1) is 10.2 Å². The molecule has 0 aromatic heterocycles. The first kappa shape index (κ1) is 21.0. The van der Waals surface area contributed by atoms with Gasteiger partial charge in [-0.3, -0.25) is 5.41 Å². The van der Waals surface area contributed by atoms with Crippen molar-refractivity contribution in [1.82, 2.24) is 0 Å². The van der Waals surface area contributed by atoms with Gasteiger partial charge in [0, 0.05) is 5.56 Å². The first-order valence-electron chi connectivity index (χ1n) is 6.68. The molecule has 2 aromatic rings. The molecule has 10 heteroatoms.